The first-order valence-corrected chi connectivity index (χ1v) is 13.5. The van der Waals surface area contributed by atoms with Crippen molar-refractivity contribution in [3.05, 3.63) is 174 Å². The number of fused-ring (bicyclic) bond motifs is 7. The Balaban J connectivity index is 1.38. The largest absolute Gasteiger partial charge is 0.356 e. The summed E-state index contributed by atoms with van der Waals surface area (Å²) in [7, 11) is 0. The van der Waals surface area contributed by atoms with Gasteiger partial charge in [-0.1, -0.05) is 122 Å². The van der Waals surface area contributed by atoms with Crippen LogP contribution in [0.1, 0.15) is 29.2 Å². The van der Waals surface area contributed by atoms with E-state index in [1.165, 1.54) is 55.7 Å². The van der Waals surface area contributed by atoms with E-state index < -0.39 is 0 Å². The zero-order valence-corrected chi connectivity index (χ0v) is 22.0. The molecule has 1 spiro atoms. The Morgan fingerprint density at radius 1 is 0.590 bits per heavy atom. The molecule has 0 atom stereocenters. The second kappa shape index (κ2) is 9.15. The average Bonchev–Trinajstić information content (AvgIpc) is 3.44. The summed E-state index contributed by atoms with van der Waals surface area (Å²) < 4.78 is 0. The van der Waals surface area contributed by atoms with Gasteiger partial charge in [0.05, 0.1) is 5.41 Å². The molecule has 0 fully saturated rings. The maximum atomic E-state index is 4.26. The Morgan fingerprint density at radius 2 is 1.18 bits per heavy atom. The van der Waals surface area contributed by atoms with Gasteiger partial charge in [-0.15, -0.1) is 0 Å². The normalized spacial score (nSPS) is 14.4. The first-order chi connectivity index (χ1) is 19.3. The molecule has 0 aromatic heterocycles. The third-order valence-electron chi connectivity index (χ3n) is 8.18. The van der Waals surface area contributed by atoms with Crippen molar-refractivity contribution in [2.75, 3.05) is 5.32 Å². The molecule has 0 unspecified atom stereocenters. The monoisotopic (exact) mass is 499 g/mol. The molecule has 1 N–H and O–H groups in total. The number of rotatable bonds is 5. The third-order valence-corrected chi connectivity index (χ3v) is 8.18. The highest BCUT2D eigenvalue weighted by molar-refractivity contribution is 5.98. The summed E-state index contributed by atoms with van der Waals surface area (Å²) in [5.74, 6) is 0. The van der Waals surface area contributed by atoms with Gasteiger partial charge in [-0.05, 0) is 86.8 Å². The average molecular weight is 500 g/mol. The van der Waals surface area contributed by atoms with Crippen LogP contribution in [0.3, 0.4) is 0 Å². The molecule has 39 heavy (non-hydrogen) atoms. The van der Waals surface area contributed by atoms with Crippen molar-refractivity contribution >= 4 is 16.9 Å². The molecular formula is C38H29N. The molecular weight excluding hydrogens is 470 g/mol. The van der Waals surface area contributed by atoms with Crippen molar-refractivity contribution in [2.24, 2.45) is 0 Å². The topological polar surface area (TPSA) is 12.0 Å². The van der Waals surface area contributed by atoms with E-state index in [-0.39, 0.29) is 5.41 Å². The first kappa shape index (κ1) is 23.3. The van der Waals surface area contributed by atoms with Gasteiger partial charge in [-0.3, -0.25) is 0 Å². The molecule has 0 bridgehead atoms. The van der Waals surface area contributed by atoms with E-state index in [0.717, 1.165) is 11.4 Å². The fourth-order valence-corrected chi connectivity index (χ4v) is 6.62. The van der Waals surface area contributed by atoms with Crippen molar-refractivity contribution in [3.63, 3.8) is 0 Å². The summed E-state index contributed by atoms with van der Waals surface area (Å²) in [6.07, 6.45) is 6.47. The van der Waals surface area contributed by atoms with E-state index >= 15 is 0 Å². The number of hydrogen-bond donors (Lipinski definition) is 1. The van der Waals surface area contributed by atoms with Crippen LogP contribution in [0.4, 0.5) is 11.4 Å². The highest BCUT2D eigenvalue weighted by Crippen LogP contribution is 2.62. The number of anilines is 2. The molecule has 0 saturated heterocycles. The van der Waals surface area contributed by atoms with Gasteiger partial charge in [0.1, 0.15) is 0 Å². The zero-order chi connectivity index (χ0) is 26.4. The van der Waals surface area contributed by atoms with E-state index in [1.807, 2.05) is 6.08 Å². The zero-order valence-electron chi connectivity index (χ0n) is 22.0. The standard InChI is InChI=1S/C38H29N/c1-3-12-34-30(4-2)33-24-23-29(39-28-21-19-27(20-22-28)26-13-6-5-7-14-26)25-37(33)38(34)35-17-10-8-15-31(35)32-16-9-11-18-36(32)38/h3-25,39H,2H2,1H3/b12-3-. The minimum atomic E-state index is -0.382. The Morgan fingerprint density at radius 3 is 1.82 bits per heavy atom. The Labute approximate surface area is 230 Å². The van der Waals surface area contributed by atoms with E-state index in [0.29, 0.717) is 0 Å². The van der Waals surface area contributed by atoms with Gasteiger partial charge < -0.3 is 5.32 Å². The van der Waals surface area contributed by atoms with Crippen molar-refractivity contribution in [1.29, 1.82) is 0 Å². The van der Waals surface area contributed by atoms with Crippen LogP contribution < -0.4 is 5.32 Å². The van der Waals surface area contributed by atoms with E-state index in [4.69, 9.17) is 0 Å². The maximum absolute atomic E-state index is 4.26. The molecule has 0 heterocycles. The summed E-state index contributed by atoms with van der Waals surface area (Å²) in [4.78, 5) is 0. The molecule has 2 aliphatic rings. The van der Waals surface area contributed by atoms with Crippen LogP contribution in [0.25, 0.3) is 27.8 Å². The fourth-order valence-electron chi connectivity index (χ4n) is 6.62. The smallest absolute Gasteiger partial charge is 0.0726 e. The third kappa shape index (κ3) is 3.40. The molecule has 0 amide bonds. The van der Waals surface area contributed by atoms with Crippen molar-refractivity contribution in [2.45, 2.75) is 12.3 Å². The number of allylic oxidation sites excluding steroid dienone is 5. The van der Waals surface area contributed by atoms with Crippen LogP contribution in [0.15, 0.2) is 152 Å². The second-order valence-corrected chi connectivity index (χ2v) is 10.2. The van der Waals surface area contributed by atoms with Crippen molar-refractivity contribution in [1.82, 2.24) is 0 Å². The lowest BCUT2D eigenvalue weighted by molar-refractivity contribution is 0.786. The van der Waals surface area contributed by atoms with Gasteiger partial charge in [0.25, 0.3) is 0 Å². The molecule has 5 aromatic rings. The highest BCUT2D eigenvalue weighted by atomic mass is 14.9. The lowest BCUT2D eigenvalue weighted by Gasteiger charge is -2.32. The molecule has 186 valence electrons. The number of hydrogen-bond acceptors (Lipinski definition) is 1. The van der Waals surface area contributed by atoms with Crippen LogP contribution in [0.5, 0.6) is 0 Å². The van der Waals surface area contributed by atoms with Crippen molar-refractivity contribution in [3.8, 4) is 22.3 Å². The molecule has 5 aromatic carbocycles. The number of benzene rings is 5. The lowest BCUT2D eigenvalue weighted by atomic mass is 9.69. The predicted molar refractivity (Wildman–Crippen MR) is 165 cm³/mol. The summed E-state index contributed by atoms with van der Waals surface area (Å²) in [5, 5.41) is 3.68. The number of nitrogens with one attached hydrogen (secondary N) is 1. The van der Waals surface area contributed by atoms with Crippen LogP contribution >= 0.6 is 0 Å². The quantitative estimate of drug-likeness (QED) is 0.254. The minimum Gasteiger partial charge on any atom is -0.356 e. The van der Waals surface area contributed by atoms with Crippen molar-refractivity contribution < 1.29 is 0 Å². The molecule has 2 aliphatic carbocycles. The maximum Gasteiger partial charge on any atom is 0.0726 e. The van der Waals surface area contributed by atoms with Gasteiger partial charge in [0, 0.05) is 11.4 Å². The van der Waals surface area contributed by atoms with Gasteiger partial charge in [0.15, 0.2) is 0 Å². The summed E-state index contributed by atoms with van der Waals surface area (Å²) >= 11 is 0. The lowest BCUT2D eigenvalue weighted by Crippen LogP contribution is -2.26. The Kier molecular flexibility index (Phi) is 5.45. The first-order valence-electron chi connectivity index (χ1n) is 13.5. The van der Waals surface area contributed by atoms with Gasteiger partial charge in [-0.25, -0.2) is 0 Å². The summed E-state index contributed by atoms with van der Waals surface area (Å²) in [6, 6.07) is 43.7. The van der Waals surface area contributed by atoms with E-state index in [9.17, 15) is 0 Å². The SMILES string of the molecule is C=CC1=C(/C=C\C)C2(c3cc(Nc4ccc(-c5ccccc5)cc4)ccc31)c1ccccc1-c1ccccc12. The Bertz CT molecular complexity index is 1740. The molecule has 0 saturated carbocycles. The van der Waals surface area contributed by atoms with Crippen LogP contribution in [-0.2, 0) is 5.41 Å². The molecule has 1 nitrogen and oxygen atoms in total. The van der Waals surface area contributed by atoms with Gasteiger partial charge in [0.2, 0.25) is 0 Å². The van der Waals surface area contributed by atoms with E-state index in [1.54, 1.807) is 0 Å². The fraction of sp³-hybridized carbons (Fsp3) is 0.0526. The Hall–Kier alpha value is -4.88. The van der Waals surface area contributed by atoms with Crippen LogP contribution in [-0.4, -0.2) is 0 Å². The van der Waals surface area contributed by atoms with Gasteiger partial charge in [-0.2, -0.15) is 0 Å². The molecule has 1 heteroatoms. The highest BCUT2D eigenvalue weighted by Gasteiger charge is 2.51. The molecule has 0 radical (unpaired) electrons. The summed E-state index contributed by atoms with van der Waals surface area (Å²) in [5.41, 5.74) is 14.5. The van der Waals surface area contributed by atoms with Crippen LogP contribution in [0, 0.1) is 0 Å². The molecule has 0 aliphatic heterocycles. The molecule has 7 rings (SSSR count). The predicted octanol–water partition coefficient (Wildman–Crippen LogP) is 9.94. The van der Waals surface area contributed by atoms with Crippen LogP contribution in [0.2, 0.25) is 0 Å². The summed E-state index contributed by atoms with van der Waals surface area (Å²) in [6.45, 7) is 6.36. The van der Waals surface area contributed by atoms with E-state index in [2.05, 4.69) is 152 Å². The second-order valence-electron chi connectivity index (χ2n) is 10.2. The minimum absolute atomic E-state index is 0.382. The van der Waals surface area contributed by atoms with Gasteiger partial charge >= 0.3 is 0 Å².